The molecule has 1 heterocycles. The fraction of sp³-hybridized carbons (Fsp3) is 0.150. The normalized spacial score (nSPS) is 14.0. The molecule has 0 radical (unpaired) electrons. The van der Waals surface area contributed by atoms with Gasteiger partial charge < -0.3 is 9.64 Å². The van der Waals surface area contributed by atoms with Gasteiger partial charge in [0, 0.05) is 35.6 Å². The maximum Gasteiger partial charge on any atom is 0.270 e. The molecule has 0 bridgehead atoms. The number of hydrogen-bond acceptors (Lipinski definition) is 5. The number of nitro groups is 1. The molecule has 0 aromatic heterocycles. The highest BCUT2D eigenvalue weighted by Gasteiger charge is 2.18. The topological polar surface area (TPSA) is 79.4 Å². The Bertz CT molecular complexity index is 971. The first kappa shape index (κ1) is 17.2. The molecule has 0 aliphatic carbocycles. The molecule has 0 N–H and O–H groups in total. The Morgan fingerprint density at radius 2 is 2.08 bits per heavy atom. The van der Waals surface area contributed by atoms with Gasteiger partial charge in [-0.3, -0.25) is 10.1 Å². The number of nitrogens with zero attached hydrogens (tertiary/aromatic N) is 3. The average molecular weight is 347 g/mol. The summed E-state index contributed by atoms with van der Waals surface area (Å²) in [7, 11) is 1.63. The lowest BCUT2D eigenvalue weighted by molar-refractivity contribution is -0.384. The molecular weight excluding hydrogens is 330 g/mol. The van der Waals surface area contributed by atoms with E-state index in [0.717, 1.165) is 29.2 Å². The van der Waals surface area contributed by atoms with Gasteiger partial charge in [0.1, 0.15) is 11.8 Å². The van der Waals surface area contributed by atoms with Crippen LogP contribution in [0.3, 0.4) is 0 Å². The molecule has 26 heavy (non-hydrogen) atoms. The number of anilines is 1. The number of methoxy groups -OCH3 is 1. The van der Waals surface area contributed by atoms with Crippen LogP contribution in [0.5, 0.6) is 5.75 Å². The van der Waals surface area contributed by atoms with Gasteiger partial charge in [-0.15, -0.1) is 0 Å². The summed E-state index contributed by atoms with van der Waals surface area (Å²) in [5.41, 5.74) is 3.84. The first-order chi connectivity index (χ1) is 12.6. The number of ether oxygens (including phenoxy) is 1. The first-order valence-electron chi connectivity index (χ1n) is 8.11. The maximum atomic E-state index is 10.9. The molecule has 2 aromatic rings. The third kappa shape index (κ3) is 3.15. The van der Waals surface area contributed by atoms with Crippen molar-refractivity contribution in [3.63, 3.8) is 0 Å². The van der Waals surface area contributed by atoms with Crippen LogP contribution < -0.4 is 9.64 Å². The van der Waals surface area contributed by atoms with Crippen molar-refractivity contribution in [2.75, 3.05) is 18.6 Å². The zero-order chi connectivity index (χ0) is 18.7. The van der Waals surface area contributed by atoms with Crippen molar-refractivity contribution in [1.82, 2.24) is 0 Å². The Kier molecular flexibility index (Phi) is 4.72. The summed E-state index contributed by atoms with van der Waals surface area (Å²) >= 11 is 0. The fourth-order valence-electron chi connectivity index (χ4n) is 2.96. The Hall–Kier alpha value is -3.59. The molecule has 0 atom stereocenters. The second-order valence-corrected chi connectivity index (χ2v) is 5.71. The van der Waals surface area contributed by atoms with Gasteiger partial charge in [-0.2, -0.15) is 5.26 Å². The van der Waals surface area contributed by atoms with Gasteiger partial charge in [-0.05, 0) is 48.9 Å². The molecule has 0 saturated heterocycles. The number of rotatable bonds is 4. The molecule has 6 nitrogen and oxygen atoms in total. The second kappa shape index (κ2) is 7.11. The van der Waals surface area contributed by atoms with Crippen LogP contribution in [0.4, 0.5) is 11.4 Å². The maximum absolute atomic E-state index is 10.9. The molecule has 130 valence electrons. The monoisotopic (exact) mass is 347 g/mol. The van der Waals surface area contributed by atoms with Crippen LogP contribution in [0.2, 0.25) is 0 Å². The summed E-state index contributed by atoms with van der Waals surface area (Å²) in [5, 5.41) is 20.3. The van der Waals surface area contributed by atoms with Gasteiger partial charge in [0.15, 0.2) is 0 Å². The summed E-state index contributed by atoms with van der Waals surface area (Å²) in [6.07, 6.45) is 5.83. The number of allylic oxidation sites excluding steroid dienone is 1. The largest absolute Gasteiger partial charge is 0.497 e. The van der Waals surface area contributed by atoms with E-state index in [1.54, 1.807) is 13.2 Å². The van der Waals surface area contributed by atoms with Crippen LogP contribution in [-0.2, 0) is 0 Å². The van der Waals surface area contributed by atoms with Crippen molar-refractivity contribution in [3.05, 3.63) is 75.0 Å². The summed E-state index contributed by atoms with van der Waals surface area (Å²) < 4.78 is 5.27. The Labute approximate surface area is 151 Å². The van der Waals surface area contributed by atoms with Crippen molar-refractivity contribution in [2.24, 2.45) is 0 Å². The van der Waals surface area contributed by atoms with Crippen LogP contribution >= 0.6 is 0 Å². The predicted octanol–water partition coefficient (Wildman–Crippen LogP) is 4.37. The van der Waals surface area contributed by atoms with Gasteiger partial charge in [0.2, 0.25) is 0 Å². The standard InChI is InChI=1S/C20H17N3O3/c1-3-22-17(6-5-15-12-19(26-2)8-9-20(15)22)10-14-4-7-18(23(24)25)11-16(14)13-21/h4-12H,3H2,1-2H3. The molecule has 0 spiro atoms. The lowest BCUT2D eigenvalue weighted by Crippen LogP contribution is -2.23. The highest BCUT2D eigenvalue weighted by Crippen LogP contribution is 2.34. The van der Waals surface area contributed by atoms with Crippen molar-refractivity contribution in [2.45, 2.75) is 6.92 Å². The van der Waals surface area contributed by atoms with Crippen LogP contribution in [0.15, 0.2) is 48.2 Å². The number of hydrogen-bond donors (Lipinski definition) is 0. The molecule has 0 saturated carbocycles. The van der Waals surface area contributed by atoms with E-state index in [1.807, 2.05) is 49.4 Å². The minimum absolute atomic E-state index is 0.0901. The summed E-state index contributed by atoms with van der Waals surface area (Å²) in [5.74, 6) is 0.791. The van der Waals surface area contributed by atoms with E-state index in [4.69, 9.17) is 4.74 Å². The highest BCUT2D eigenvalue weighted by molar-refractivity contribution is 5.81. The molecular formula is C20H17N3O3. The van der Waals surface area contributed by atoms with E-state index in [1.165, 1.54) is 12.1 Å². The van der Waals surface area contributed by atoms with E-state index in [9.17, 15) is 15.4 Å². The Balaban J connectivity index is 2.05. The highest BCUT2D eigenvalue weighted by atomic mass is 16.6. The van der Waals surface area contributed by atoms with Gasteiger partial charge in [-0.1, -0.05) is 6.08 Å². The number of benzene rings is 2. The van der Waals surface area contributed by atoms with Crippen molar-refractivity contribution in [1.29, 1.82) is 5.26 Å². The van der Waals surface area contributed by atoms with Crippen molar-refractivity contribution in [3.8, 4) is 11.8 Å². The molecule has 1 aliphatic rings. The molecule has 6 heteroatoms. The van der Waals surface area contributed by atoms with Crippen molar-refractivity contribution < 1.29 is 9.66 Å². The van der Waals surface area contributed by atoms with Gasteiger partial charge in [0.25, 0.3) is 5.69 Å². The smallest absolute Gasteiger partial charge is 0.270 e. The van der Waals surface area contributed by atoms with E-state index in [-0.39, 0.29) is 11.3 Å². The molecule has 2 aromatic carbocycles. The summed E-state index contributed by atoms with van der Waals surface area (Å²) in [4.78, 5) is 12.5. The third-order valence-corrected chi connectivity index (χ3v) is 4.26. The van der Waals surface area contributed by atoms with Crippen LogP contribution in [0, 0.1) is 21.4 Å². The van der Waals surface area contributed by atoms with Gasteiger partial charge in [-0.25, -0.2) is 0 Å². The zero-order valence-electron chi connectivity index (χ0n) is 14.5. The zero-order valence-corrected chi connectivity index (χ0v) is 14.5. The predicted molar refractivity (Wildman–Crippen MR) is 101 cm³/mol. The van der Waals surface area contributed by atoms with Crippen LogP contribution in [0.1, 0.15) is 23.6 Å². The molecule has 0 amide bonds. The minimum atomic E-state index is -0.500. The number of nitro benzene ring substituents is 1. The number of nitriles is 1. The SMILES string of the molecule is CCN1C(=Cc2ccc([N+](=O)[O-])cc2C#N)C=Cc2cc(OC)ccc21. The number of fused-ring (bicyclic) bond motifs is 1. The van der Waals surface area contributed by atoms with E-state index < -0.39 is 4.92 Å². The average Bonchev–Trinajstić information content (AvgIpc) is 2.67. The first-order valence-corrected chi connectivity index (χ1v) is 8.11. The van der Waals surface area contributed by atoms with Crippen LogP contribution in [-0.4, -0.2) is 18.6 Å². The van der Waals surface area contributed by atoms with Crippen molar-refractivity contribution >= 4 is 23.5 Å². The Morgan fingerprint density at radius 3 is 2.73 bits per heavy atom. The van der Waals surface area contributed by atoms with Crippen LogP contribution in [0.25, 0.3) is 12.2 Å². The number of non-ortho nitro benzene ring substituents is 1. The van der Waals surface area contributed by atoms with E-state index in [0.29, 0.717) is 5.56 Å². The van der Waals surface area contributed by atoms with E-state index in [2.05, 4.69) is 4.90 Å². The van der Waals surface area contributed by atoms with Gasteiger partial charge in [0.05, 0.1) is 17.6 Å². The molecule has 1 aliphatic heterocycles. The fourth-order valence-corrected chi connectivity index (χ4v) is 2.96. The Morgan fingerprint density at radius 1 is 1.27 bits per heavy atom. The molecule has 0 fully saturated rings. The number of likely N-dealkylation sites (N-methyl/N-ethyl adjacent to an activating group) is 1. The third-order valence-electron chi connectivity index (χ3n) is 4.26. The van der Waals surface area contributed by atoms with Gasteiger partial charge >= 0.3 is 0 Å². The molecule has 0 unspecified atom stereocenters. The quantitative estimate of drug-likeness (QED) is 0.606. The lowest BCUT2D eigenvalue weighted by Gasteiger charge is -2.29. The van der Waals surface area contributed by atoms with E-state index >= 15 is 0 Å². The minimum Gasteiger partial charge on any atom is -0.497 e. The second-order valence-electron chi connectivity index (χ2n) is 5.71. The molecule has 3 rings (SSSR count). The summed E-state index contributed by atoms with van der Waals surface area (Å²) in [6.45, 7) is 2.78. The lowest BCUT2D eigenvalue weighted by atomic mass is 10.0. The summed E-state index contributed by atoms with van der Waals surface area (Å²) in [6, 6.07) is 12.2.